The SMILES string of the molecule is C1=CCCC(C2CCN(C3CCNC3)CC2)=C1. The van der Waals surface area contributed by atoms with Gasteiger partial charge in [-0.25, -0.2) is 0 Å². The van der Waals surface area contributed by atoms with Gasteiger partial charge in [0.1, 0.15) is 0 Å². The Bertz CT molecular complexity index is 305. The normalized spacial score (nSPS) is 31.8. The highest BCUT2D eigenvalue weighted by Gasteiger charge is 2.28. The van der Waals surface area contributed by atoms with Crippen molar-refractivity contribution in [1.82, 2.24) is 10.2 Å². The van der Waals surface area contributed by atoms with E-state index in [1.54, 1.807) is 5.57 Å². The minimum absolute atomic E-state index is 0.830. The molecule has 3 aliphatic rings. The summed E-state index contributed by atoms with van der Waals surface area (Å²) in [6.45, 7) is 5.08. The van der Waals surface area contributed by atoms with Crippen molar-refractivity contribution in [3.63, 3.8) is 0 Å². The molecule has 0 spiro atoms. The highest BCUT2D eigenvalue weighted by atomic mass is 15.2. The van der Waals surface area contributed by atoms with Crippen LogP contribution in [0.1, 0.15) is 32.1 Å². The lowest BCUT2D eigenvalue weighted by atomic mass is 9.84. The zero-order chi connectivity index (χ0) is 11.5. The van der Waals surface area contributed by atoms with Crippen LogP contribution in [0.15, 0.2) is 23.8 Å². The van der Waals surface area contributed by atoms with Crippen LogP contribution in [0.25, 0.3) is 0 Å². The van der Waals surface area contributed by atoms with Crippen LogP contribution in [0.4, 0.5) is 0 Å². The summed E-state index contributed by atoms with van der Waals surface area (Å²) < 4.78 is 0. The molecule has 0 aromatic carbocycles. The van der Waals surface area contributed by atoms with Crippen LogP contribution >= 0.6 is 0 Å². The van der Waals surface area contributed by atoms with Crippen LogP contribution in [0.2, 0.25) is 0 Å². The average Bonchev–Trinajstić information content (AvgIpc) is 2.94. The first-order valence-electron chi connectivity index (χ1n) is 7.24. The van der Waals surface area contributed by atoms with Crippen molar-refractivity contribution in [1.29, 1.82) is 0 Å². The molecule has 0 aromatic heterocycles. The molecule has 1 unspecified atom stereocenters. The Morgan fingerprint density at radius 3 is 2.71 bits per heavy atom. The quantitative estimate of drug-likeness (QED) is 0.786. The van der Waals surface area contributed by atoms with Crippen molar-refractivity contribution in [3.8, 4) is 0 Å². The molecule has 2 heteroatoms. The van der Waals surface area contributed by atoms with Gasteiger partial charge in [0.05, 0.1) is 0 Å². The third-order valence-corrected chi connectivity index (χ3v) is 4.65. The van der Waals surface area contributed by atoms with Gasteiger partial charge in [-0.15, -0.1) is 0 Å². The first kappa shape index (κ1) is 11.5. The van der Waals surface area contributed by atoms with Gasteiger partial charge in [0.15, 0.2) is 0 Å². The second-order valence-corrected chi connectivity index (χ2v) is 5.67. The number of allylic oxidation sites excluding steroid dienone is 4. The standard InChI is InChI=1S/C15H24N2/c1-2-4-13(5-3-1)14-7-10-17(11-8-14)15-6-9-16-12-15/h1-2,4,14-16H,3,5-12H2. The summed E-state index contributed by atoms with van der Waals surface area (Å²) in [7, 11) is 0. The first-order valence-corrected chi connectivity index (χ1v) is 7.24. The van der Waals surface area contributed by atoms with E-state index in [4.69, 9.17) is 0 Å². The molecule has 0 aromatic rings. The van der Waals surface area contributed by atoms with Crippen LogP contribution in [0, 0.1) is 5.92 Å². The molecule has 2 aliphatic heterocycles. The van der Waals surface area contributed by atoms with Gasteiger partial charge in [-0.3, -0.25) is 4.90 Å². The second kappa shape index (κ2) is 5.36. The average molecular weight is 232 g/mol. The van der Waals surface area contributed by atoms with Crippen molar-refractivity contribution in [2.45, 2.75) is 38.1 Å². The fourth-order valence-corrected chi connectivity index (χ4v) is 3.55. The number of nitrogens with zero attached hydrogens (tertiary/aromatic N) is 1. The van der Waals surface area contributed by atoms with Crippen molar-refractivity contribution >= 4 is 0 Å². The molecule has 0 saturated carbocycles. The molecule has 1 aliphatic carbocycles. The van der Waals surface area contributed by atoms with Gasteiger partial charge in [0.2, 0.25) is 0 Å². The number of hydrogen-bond acceptors (Lipinski definition) is 2. The lowest BCUT2D eigenvalue weighted by Gasteiger charge is -2.36. The number of rotatable bonds is 2. The third-order valence-electron chi connectivity index (χ3n) is 4.65. The predicted molar refractivity (Wildman–Crippen MR) is 72.0 cm³/mol. The van der Waals surface area contributed by atoms with Crippen molar-refractivity contribution in [2.75, 3.05) is 26.2 Å². The molecule has 0 radical (unpaired) electrons. The Hall–Kier alpha value is -0.600. The lowest BCUT2D eigenvalue weighted by Crippen LogP contribution is -2.42. The smallest absolute Gasteiger partial charge is 0.0232 e. The van der Waals surface area contributed by atoms with Crippen molar-refractivity contribution in [2.24, 2.45) is 5.92 Å². The fraction of sp³-hybridized carbons (Fsp3) is 0.733. The number of piperidine rings is 1. The van der Waals surface area contributed by atoms with Gasteiger partial charge in [-0.05, 0) is 57.7 Å². The molecule has 3 rings (SSSR count). The monoisotopic (exact) mass is 232 g/mol. The topological polar surface area (TPSA) is 15.3 Å². The summed E-state index contributed by atoms with van der Waals surface area (Å²) in [5, 5.41) is 3.48. The summed E-state index contributed by atoms with van der Waals surface area (Å²) in [5.41, 5.74) is 1.72. The molecular formula is C15H24N2. The van der Waals surface area contributed by atoms with E-state index in [0.717, 1.165) is 12.0 Å². The zero-order valence-electron chi connectivity index (χ0n) is 10.7. The Morgan fingerprint density at radius 1 is 1.18 bits per heavy atom. The van der Waals surface area contributed by atoms with E-state index < -0.39 is 0 Å². The number of likely N-dealkylation sites (tertiary alicyclic amines) is 1. The lowest BCUT2D eigenvalue weighted by molar-refractivity contribution is 0.150. The zero-order valence-corrected chi connectivity index (χ0v) is 10.7. The van der Waals surface area contributed by atoms with Crippen LogP contribution in [-0.4, -0.2) is 37.1 Å². The van der Waals surface area contributed by atoms with Gasteiger partial charge in [0, 0.05) is 12.6 Å². The van der Waals surface area contributed by atoms with E-state index in [0.29, 0.717) is 0 Å². The Kier molecular flexibility index (Phi) is 3.62. The largest absolute Gasteiger partial charge is 0.315 e. The van der Waals surface area contributed by atoms with Gasteiger partial charge in [0.25, 0.3) is 0 Å². The maximum absolute atomic E-state index is 3.48. The predicted octanol–water partition coefficient (Wildman–Crippen LogP) is 2.34. The molecule has 1 N–H and O–H groups in total. The van der Waals surface area contributed by atoms with Crippen LogP contribution < -0.4 is 5.32 Å². The Balaban J connectivity index is 1.53. The summed E-state index contributed by atoms with van der Waals surface area (Å²) in [4.78, 5) is 2.72. The molecule has 1 atom stereocenters. The van der Waals surface area contributed by atoms with E-state index in [2.05, 4.69) is 28.4 Å². The van der Waals surface area contributed by atoms with Gasteiger partial charge >= 0.3 is 0 Å². The summed E-state index contributed by atoms with van der Waals surface area (Å²) in [5.74, 6) is 0.880. The molecule has 2 nitrogen and oxygen atoms in total. The van der Waals surface area contributed by atoms with Gasteiger partial charge in [-0.1, -0.05) is 23.8 Å². The van der Waals surface area contributed by atoms with Gasteiger partial charge in [-0.2, -0.15) is 0 Å². The van der Waals surface area contributed by atoms with Gasteiger partial charge < -0.3 is 5.32 Å². The molecule has 94 valence electrons. The molecule has 2 heterocycles. The van der Waals surface area contributed by atoms with Crippen molar-refractivity contribution in [3.05, 3.63) is 23.8 Å². The molecular weight excluding hydrogens is 208 g/mol. The minimum atomic E-state index is 0.830. The van der Waals surface area contributed by atoms with E-state index in [1.807, 2.05) is 0 Å². The molecule has 2 fully saturated rings. The highest BCUT2D eigenvalue weighted by molar-refractivity contribution is 5.20. The molecule has 2 saturated heterocycles. The maximum Gasteiger partial charge on any atom is 0.0232 e. The van der Waals surface area contributed by atoms with Crippen LogP contribution in [0.3, 0.4) is 0 Å². The van der Waals surface area contributed by atoms with Crippen LogP contribution in [-0.2, 0) is 0 Å². The fourth-order valence-electron chi connectivity index (χ4n) is 3.55. The Labute approximate surface area is 105 Å². The second-order valence-electron chi connectivity index (χ2n) is 5.67. The third kappa shape index (κ3) is 2.63. The molecule has 0 amide bonds. The van der Waals surface area contributed by atoms with E-state index in [-0.39, 0.29) is 0 Å². The first-order chi connectivity index (χ1) is 8.43. The maximum atomic E-state index is 3.48. The Morgan fingerprint density at radius 2 is 2.06 bits per heavy atom. The minimum Gasteiger partial charge on any atom is -0.315 e. The van der Waals surface area contributed by atoms with E-state index in [9.17, 15) is 0 Å². The van der Waals surface area contributed by atoms with E-state index in [1.165, 1.54) is 58.3 Å². The van der Waals surface area contributed by atoms with Crippen LogP contribution in [0.5, 0.6) is 0 Å². The molecule has 17 heavy (non-hydrogen) atoms. The summed E-state index contributed by atoms with van der Waals surface area (Å²) in [6.07, 6.45) is 13.6. The number of hydrogen-bond donors (Lipinski definition) is 1. The molecule has 0 bridgehead atoms. The van der Waals surface area contributed by atoms with E-state index >= 15 is 0 Å². The number of nitrogens with one attached hydrogen (secondary N) is 1. The van der Waals surface area contributed by atoms with Crippen molar-refractivity contribution < 1.29 is 0 Å². The highest BCUT2D eigenvalue weighted by Crippen LogP contribution is 2.30. The summed E-state index contributed by atoms with van der Waals surface area (Å²) >= 11 is 0. The summed E-state index contributed by atoms with van der Waals surface area (Å²) in [6, 6.07) is 0.830.